The lowest BCUT2D eigenvalue weighted by Crippen LogP contribution is -2.40. The molecule has 2 amide bonds. The minimum Gasteiger partial charge on any atom is -0.387 e. The first-order valence-electron chi connectivity index (χ1n) is 8.24. The molecule has 1 aromatic carbocycles. The molecule has 1 aliphatic rings. The second-order valence-electron chi connectivity index (χ2n) is 6.37. The minimum atomic E-state index is -0.710. The first kappa shape index (κ1) is 16.9. The van der Waals surface area contributed by atoms with Crippen LogP contribution in [0.3, 0.4) is 0 Å². The Kier molecular flexibility index (Phi) is 5.16. The second kappa shape index (κ2) is 7.32. The highest BCUT2D eigenvalue weighted by Crippen LogP contribution is 2.41. The van der Waals surface area contributed by atoms with Gasteiger partial charge in [0.2, 0.25) is 0 Å². The Hall–Kier alpha value is -1.92. The fraction of sp³-hybridized carbons (Fsp3) is 0.444. The van der Waals surface area contributed by atoms with Crippen LogP contribution < -0.4 is 10.6 Å². The Bertz CT molecular complexity index is 712. The Labute approximate surface area is 146 Å². The van der Waals surface area contributed by atoms with Crippen LogP contribution in [0, 0.1) is 19.8 Å². The van der Waals surface area contributed by atoms with Gasteiger partial charge in [-0.2, -0.15) is 0 Å². The molecule has 0 radical (unpaired) electrons. The fourth-order valence-electron chi connectivity index (χ4n) is 2.78. The van der Waals surface area contributed by atoms with Crippen LogP contribution in [0.1, 0.15) is 46.8 Å². The van der Waals surface area contributed by atoms with Crippen LogP contribution in [-0.2, 0) is 0 Å². The predicted molar refractivity (Wildman–Crippen MR) is 95.0 cm³/mol. The van der Waals surface area contributed by atoms with Gasteiger partial charge in [-0.1, -0.05) is 24.3 Å². The number of aliphatic hydroxyl groups is 1. The summed E-state index contributed by atoms with van der Waals surface area (Å²) in [5.41, 5.74) is 2.84. The summed E-state index contributed by atoms with van der Waals surface area (Å²) in [5, 5.41) is 19.0. The fourth-order valence-corrected chi connectivity index (χ4v) is 3.72. The number of carbonyl (C=O) groups excluding carboxylic acids is 1. The van der Waals surface area contributed by atoms with Crippen molar-refractivity contribution in [2.75, 3.05) is 6.54 Å². The Balaban J connectivity index is 1.56. The molecule has 1 heterocycles. The van der Waals surface area contributed by atoms with Gasteiger partial charge in [-0.25, -0.2) is 9.78 Å². The van der Waals surface area contributed by atoms with Crippen molar-refractivity contribution in [3.05, 3.63) is 51.5 Å². The molecule has 0 aliphatic heterocycles. The quantitative estimate of drug-likeness (QED) is 0.752. The molecule has 2 atom stereocenters. The molecule has 1 saturated carbocycles. The molecule has 1 fully saturated rings. The summed E-state index contributed by atoms with van der Waals surface area (Å²) < 4.78 is 0. The molecule has 3 N–H and O–H groups in total. The molecular formula is C18H23N3O2S. The van der Waals surface area contributed by atoms with Gasteiger partial charge in [-0.05, 0) is 43.7 Å². The van der Waals surface area contributed by atoms with Crippen molar-refractivity contribution in [1.29, 1.82) is 0 Å². The molecule has 2 aromatic rings. The third kappa shape index (κ3) is 4.13. The molecule has 5 nitrogen and oxygen atoms in total. The van der Waals surface area contributed by atoms with Crippen molar-refractivity contribution in [2.24, 2.45) is 5.92 Å². The van der Waals surface area contributed by atoms with Gasteiger partial charge in [0.05, 0.1) is 12.1 Å². The molecule has 1 aliphatic carbocycles. The minimum absolute atomic E-state index is 0.0284. The molecule has 128 valence electrons. The number of amides is 2. The average Bonchev–Trinajstić information content (AvgIpc) is 3.32. The van der Waals surface area contributed by atoms with E-state index < -0.39 is 6.10 Å². The topological polar surface area (TPSA) is 74.2 Å². The third-order valence-electron chi connectivity index (χ3n) is 4.29. The van der Waals surface area contributed by atoms with Crippen molar-refractivity contribution in [1.82, 2.24) is 15.6 Å². The normalized spacial score (nSPS) is 16.5. The maximum absolute atomic E-state index is 12.2. The zero-order chi connectivity index (χ0) is 17.1. The van der Waals surface area contributed by atoms with Crippen LogP contribution in [0.25, 0.3) is 0 Å². The van der Waals surface area contributed by atoms with Crippen molar-refractivity contribution in [2.45, 2.75) is 38.8 Å². The lowest BCUT2D eigenvalue weighted by atomic mass is 10.0. The number of hydrogen-bond donors (Lipinski definition) is 3. The number of hydrogen-bond acceptors (Lipinski definition) is 4. The van der Waals surface area contributed by atoms with Gasteiger partial charge in [0, 0.05) is 17.6 Å². The standard InChI is InChI=1S/C18H23N3O2S/c1-11-5-3-4-6-14(11)15(22)9-19-18(23)21-16(13-7-8-13)17-20-12(2)10-24-17/h3-6,10,13,15-16,22H,7-9H2,1-2H3,(H2,19,21,23). The number of rotatable bonds is 6. The maximum atomic E-state index is 12.2. The zero-order valence-corrected chi connectivity index (χ0v) is 14.8. The maximum Gasteiger partial charge on any atom is 0.315 e. The number of nitrogens with one attached hydrogen (secondary N) is 2. The summed E-state index contributed by atoms with van der Waals surface area (Å²) in [6.07, 6.45) is 1.53. The first-order chi connectivity index (χ1) is 11.5. The van der Waals surface area contributed by atoms with E-state index in [1.54, 1.807) is 11.3 Å². The number of aromatic nitrogens is 1. The van der Waals surface area contributed by atoms with Gasteiger partial charge in [-0.15, -0.1) is 11.3 Å². The van der Waals surface area contributed by atoms with Crippen LogP contribution in [0.2, 0.25) is 0 Å². The lowest BCUT2D eigenvalue weighted by molar-refractivity contribution is 0.171. The van der Waals surface area contributed by atoms with Crippen LogP contribution >= 0.6 is 11.3 Å². The van der Waals surface area contributed by atoms with E-state index in [0.717, 1.165) is 34.7 Å². The van der Waals surface area contributed by atoms with E-state index in [1.807, 2.05) is 43.5 Å². The van der Waals surface area contributed by atoms with Crippen molar-refractivity contribution >= 4 is 17.4 Å². The number of aliphatic hydroxyl groups excluding tert-OH is 1. The van der Waals surface area contributed by atoms with E-state index in [4.69, 9.17) is 0 Å². The summed E-state index contributed by atoms with van der Waals surface area (Å²) in [4.78, 5) is 16.7. The van der Waals surface area contributed by atoms with E-state index in [-0.39, 0.29) is 18.6 Å². The lowest BCUT2D eigenvalue weighted by Gasteiger charge is -2.18. The van der Waals surface area contributed by atoms with E-state index >= 15 is 0 Å². The number of carbonyl (C=O) groups is 1. The highest BCUT2D eigenvalue weighted by Gasteiger charge is 2.35. The van der Waals surface area contributed by atoms with Crippen LogP contribution in [0.15, 0.2) is 29.6 Å². The number of thiazole rings is 1. The molecule has 6 heteroatoms. The summed E-state index contributed by atoms with van der Waals surface area (Å²) in [6, 6.07) is 7.37. The van der Waals surface area contributed by atoms with Gasteiger partial charge in [-0.3, -0.25) is 0 Å². The van der Waals surface area contributed by atoms with Crippen LogP contribution in [0.4, 0.5) is 4.79 Å². The van der Waals surface area contributed by atoms with E-state index in [1.165, 1.54) is 0 Å². The molecule has 24 heavy (non-hydrogen) atoms. The number of benzene rings is 1. The molecule has 0 bridgehead atoms. The highest BCUT2D eigenvalue weighted by atomic mass is 32.1. The van der Waals surface area contributed by atoms with Gasteiger partial charge >= 0.3 is 6.03 Å². The van der Waals surface area contributed by atoms with Crippen LogP contribution in [0.5, 0.6) is 0 Å². The number of nitrogens with zero attached hydrogens (tertiary/aromatic N) is 1. The molecule has 2 unspecified atom stereocenters. The Morgan fingerprint density at radius 2 is 2.12 bits per heavy atom. The summed E-state index contributed by atoms with van der Waals surface area (Å²) in [5.74, 6) is 0.475. The SMILES string of the molecule is Cc1csc(C(NC(=O)NCC(O)c2ccccc2C)C2CC2)n1. The van der Waals surface area contributed by atoms with E-state index in [0.29, 0.717) is 5.92 Å². The Morgan fingerprint density at radius 3 is 2.75 bits per heavy atom. The number of urea groups is 1. The summed E-state index contributed by atoms with van der Waals surface area (Å²) >= 11 is 1.59. The van der Waals surface area contributed by atoms with Gasteiger partial charge < -0.3 is 15.7 Å². The van der Waals surface area contributed by atoms with E-state index in [9.17, 15) is 9.90 Å². The Morgan fingerprint density at radius 1 is 1.38 bits per heavy atom. The molecule has 0 saturated heterocycles. The smallest absolute Gasteiger partial charge is 0.315 e. The van der Waals surface area contributed by atoms with Gasteiger partial charge in [0.25, 0.3) is 0 Å². The van der Waals surface area contributed by atoms with Crippen molar-refractivity contribution in [3.63, 3.8) is 0 Å². The molecular weight excluding hydrogens is 322 g/mol. The van der Waals surface area contributed by atoms with Gasteiger partial charge in [0.15, 0.2) is 0 Å². The van der Waals surface area contributed by atoms with Crippen molar-refractivity contribution < 1.29 is 9.90 Å². The summed E-state index contributed by atoms with van der Waals surface area (Å²) in [6.45, 7) is 4.10. The largest absolute Gasteiger partial charge is 0.387 e. The molecule has 3 rings (SSSR count). The first-order valence-corrected chi connectivity index (χ1v) is 9.12. The molecule has 1 aromatic heterocycles. The summed E-state index contributed by atoms with van der Waals surface area (Å²) in [7, 11) is 0. The van der Waals surface area contributed by atoms with E-state index in [2.05, 4.69) is 15.6 Å². The highest BCUT2D eigenvalue weighted by molar-refractivity contribution is 7.09. The second-order valence-corrected chi connectivity index (χ2v) is 7.26. The average molecular weight is 345 g/mol. The van der Waals surface area contributed by atoms with Crippen LogP contribution in [-0.4, -0.2) is 22.7 Å². The van der Waals surface area contributed by atoms with Gasteiger partial charge in [0.1, 0.15) is 5.01 Å². The third-order valence-corrected chi connectivity index (χ3v) is 5.33. The predicted octanol–water partition coefficient (Wildman–Crippen LogP) is 3.24. The number of aryl methyl sites for hydroxylation is 2. The molecule has 0 spiro atoms. The van der Waals surface area contributed by atoms with Crippen molar-refractivity contribution in [3.8, 4) is 0 Å². The zero-order valence-electron chi connectivity index (χ0n) is 14.0. The monoisotopic (exact) mass is 345 g/mol.